The first kappa shape index (κ1) is 15.5. The van der Waals surface area contributed by atoms with Gasteiger partial charge in [-0.05, 0) is 59.0 Å². The van der Waals surface area contributed by atoms with Crippen LogP contribution in [0.4, 0.5) is 0 Å². The number of carbonyl (C=O) groups is 2. The van der Waals surface area contributed by atoms with Crippen LogP contribution in [-0.2, 0) is 4.74 Å². The number of halogens is 1. The van der Waals surface area contributed by atoms with Crippen molar-refractivity contribution >= 4 is 34.3 Å². The van der Waals surface area contributed by atoms with Crippen LogP contribution >= 0.6 is 22.6 Å². The highest BCUT2D eigenvalue weighted by Crippen LogP contribution is 2.14. The quantitative estimate of drug-likeness (QED) is 0.442. The molecule has 5 heteroatoms. The molecule has 0 fully saturated rings. The first-order valence-corrected chi connectivity index (χ1v) is 7.28. The summed E-state index contributed by atoms with van der Waals surface area (Å²) in [5.41, 5.74) is 1.05. The molecule has 0 spiro atoms. The molecule has 2 aromatic carbocycles. The standard InChI is InChI=1S/C16H13IO4/c1-20-16(19)12-4-8-14(9-5-12)21-10-15(18)11-2-6-13(17)7-3-11/h2-9H,10H2,1H3. The van der Waals surface area contributed by atoms with E-state index in [1.807, 2.05) is 12.1 Å². The van der Waals surface area contributed by atoms with Gasteiger partial charge in [0.05, 0.1) is 12.7 Å². The predicted molar refractivity (Wildman–Crippen MR) is 86.8 cm³/mol. The lowest BCUT2D eigenvalue weighted by atomic mass is 10.1. The highest BCUT2D eigenvalue weighted by molar-refractivity contribution is 14.1. The highest BCUT2D eigenvalue weighted by atomic mass is 127. The Bertz CT molecular complexity index is 632. The SMILES string of the molecule is COC(=O)c1ccc(OCC(=O)c2ccc(I)cc2)cc1. The van der Waals surface area contributed by atoms with Gasteiger partial charge in [-0.25, -0.2) is 4.79 Å². The predicted octanol–water partition coefficient (Wildman–Crippen LogP) is 3.34. The molecule has 0 radical (unpaired) electrons. The van der Waals surface area contributed by atoms with Crippen molar-refractivity contribution in [3.63, 3.8) is 0 Å². The molecule has 0 aliphatic heterocycles. The molecule has 0 N–H and O–H groups in total. The van der Waals surface area contributed by atoms with Gasteiger partial charge in [0.2, 0.25) is 0 Å². The Balaban J connectivity index is 1.95. The Kier molecular flexibility index (Phi) is 5.32. The fourth-order valence-corrected chi connectivity index (χ4v) is 2.03. The second-order valence-electron chi connectivity index (χ2n) is 4.23. The molecule has 0 aromatic heterocycles. The number of carbonyl (C=O) groups excluding carboxylic acids is 2. The summed E-state index contributed by atoms with van der Waals surface area (Å²) >= 11 is 2.18. The van der Waals surface area contributed by atoms with Crippen LogP contribution in [0.1, 0.15) is 20.7 Å². The van der Waals surface area contributed by atoms with Crippen molar-refractivity contribution in [3.8, 4) is 5.75 Å². The molecule has 2 aromatic rings. The third-order valence-corrected chi connectivity index (χ3v) is 3.53. The third kappa shape index (κ3) is 4.29. The van der Waals surface area contributed by atoms with E-state index in [1.54, 1.807) is 36.4 Å². The molecule has 0 heterocycles. The highest BCUT2D eigenvalue weighted by Gasteiger charge is 2.08. The minimum Gasteiger partial charge on any atom is -0.485 e. The second kappa shape index (κ2) is 7.21. The fourth-order valence-electron chi connectivity index (χ4n) is 1.67. The van der Waals surface area contributed by atoms with Crippen molar-refractivity contribution in [1.29, 1.82) is 0 Å². The molecule has 0 saturated carbocycles. The molecule has 2 rings (SSSR count). The number of methoxy groups -OCH3 is 1. The maximum absolute atomic E-state index is 11.9. The Hall–Kier alpha value is -1.89. The molecule has 0 aliphatic carbocycles. The summed E-state index contributed by atoms with van der Waals surface area (Å²) in [5.74, 6) is 0.0291. The van der Waals surface area contributed by atoms with Crippen molar-refractivity contribution < 1.29 is 19.1 Å². The molecule has 0 amide bonds. The van der Waals surface area contributed by atoms with Crippen molar-refractivity contribution in [1.82, 2.24) is 0 Å². The van der Waals surface area contributed by atoms with Gasteiger partial charge in [-0.15, -0.1) is 0 Å². The van der Waals surface area contributed by atoms with Crippen LogP contribution in [0.25, 0.3) is 0 Å². The molecule has 108 valence electrons. The second-order valence-corrected chi connectivity index (χ2v) is 5.48. The van der Waals surface area contributed by atoms with E-state index in [4.69, 9.17) is 4.74 Å². The maximum atomic E-state index is 11.9. The molecule has 4 nitrogen and oxygen atoms in total. The maximum Gasteiger partial charge on any atom is 0.337 e. The summed E-state index contributed by atoms with van der Waals surface area (Å²) in [5, 5.41) is 0. The van der Waals surface area contributed by atoms with Gasteiger partial charge < -0.3 is 9.47 Å². The van der Waals surface area contributed by atoms with E-state index in [0.29, 0.717) is 16.9 Å². The Labute approximate surface area is 136 Å². The zero-order chi connectivity index (χ0) is 15.2. The van der Waals surface area contributed by atoms with Crippen LogP contribution in [0.5, 0.6) is 5.75 Å². The lowest BCUT2D eigenvalue weighted by Crippen LogP contribution is -2.11. The lowest BCUT2D eigenvalue weighted by molar-refractivity contribution is 0.0600. The van der Waals surface area contributed by atoms with Crippen molar-refractivity contribution in [3.05, 3.63) is 63.2 Å². The van der Waals surface area contributed by atoms with Crippen LogP contribution in [0.3, 0.4) is 0 Å². The topological polar surface area (TPSA) is 52.6 Å². The summed E-state index contributed by atoms with van der Waals surface area (Å²) in [4.78, 5) is 23.2. The Morgan fingerprint density at radius 1 is 0.952 bits per heavy atom. The average molecular weight is 396 g/mol. The van der Waals surface area contributed by atoms with Crippen molar-refractivity contribution in [2.24, 2.45) is 0 Å². The van der Waals surface area contributed by atoms with E-state index in [0.717, 1.165) is 3.57 Å². The first-order valence-electron chi connectivity index (χ1n) is 6.20. The summed E-state index contributed by atoms with van der Waals surface area (Å²) in [6.45, 7) is -0.0435. The summed E-state index contributed by atoms with van der Waals surface area (Å²) in [6, 6.07) is 13.7. The third-order valence-electron chi connectivity index (χ3n) is 2.81. The first-order chi connectivity index (χ1) is 10.1. The van der Waals surface area contributed by atoms with E-state index in [2.05, 4.69) is 27.3 Å². The number of esters is 1. The number of rotatable bonds is 5. The largest absolute Gasteiger partial charge is 0.485 e. The smallest absolute Gasteiger partial charge is 0.337 e. The van der Waals surface area contributed by atoms with E-state index >= 15 is 0 Å². The lowest BCUT2D eigenvalue weighted by Gasteiger charge is -2.06. The zero-order valence-electron chi connectivity index (χ0n) is 11.3. The van der Waals surface area contributed by atoms with Gasteiger partial charge in [0.1, 0.15) is 5.75 Å². The number of hydrogen-bond donors (Lipinski definition) is 0. The van der Waals surface area contributed by atoms with Crippen molar-refractivity contribution in [2.45, 2.75) is 0 Å². The Morgan fingerprint density at radius 3 is 2.10 bits per heavy atom. The van der Waals surface area contributed by atoms with Crippen LogP contribution in [0.2, 0.25) is 0 Å². The van der Waals surface area contributed by atoms with Crippen LogP contribution in [-0.4, -0.2) is 25.5 Å². The van der Waals surface area contributed by atoms with Gasteiger partial charge in [-0.1, -0.05) is 12.1 Å². The van der Waals surface area contributed by atoms with Gasteiger partial charge in [-0.3, -0.25) is 4.79 Å². The van der Waals surface area contributed by atoms with E-state index in [9.17, 15) is 9.59 Å². The fraction of sp³-hybridized carbons (Fsp3) is 0.125. The molecule has 21 heavy (non-hydrogen) atoms. The average Bonchev–Trinajstić information content (AvgIpc) is 2.53. The van der Waals surface area contributed by atoms with Gasteiger partial charge >= 0.3 is 5.97 Å². The molecule has 0 aliphatic rings. The molecule has 0 saturated heterocycles. The summed E-state index contributed by atoms with van der Waals surface area (Å²) in [7, 11) is 1.33. The van der Waals surface area contributed by atoms with E-state index in [-0.39, 0.29) is 12.4 Å². The minimum atomic E-state index is -0.406. The Morgan fingerprint density at radius 2 is 1.52 bits per heavy atom. The number of ether oxygens (including phenoxy) is 2. The summed E-state index contributed by atoms with van der Waals surface area (Å²) in [6.07, 6.45) is 0. The van der Waals surface area contributed by atoms with Crippen LogP contribution in [0, 0.1) is 3.57 Å². The van der Waals surface area contributed by atoms with Gasteiger partial charge in [-0.2, -0.15) is 0 Å². The summed E-state index contributed by atoms with van der Waals surface area (Å²) < 4.78 is 11.1. The van der Waals surface area contributed by atoms with Gasteiger partial charge in [0, 0.05) is 9.13 Å². The monoisotopic (exact) mass is 396 g/mol. The van der Waals surface area contributed by atoms with E-state index < -0.39 is 5.97 Å². The molecular weight excluding hydrogens is 383 g/mol. The number of hydrogen-bond acceptors (Lipinski definition) is 4. The molecule has 0 unspecified atom stereocenters. The van der Waals surface area contributed by atoms with Gasteiger partial charge in [0.15, 0.2) is 12.4 Å². The van der Waals surface area contributed by atoms with Crippen molar-refractivity contribution in [2.75, 3.05) is 13.7 Å². The van der Waals surface area contributed by atoms with E-state index in [1.165, 1.54) is 7.11 Å². The molecular formula is C16H13IO4. The minimum absolute atomic E-state index is 0.0435. The van der Waals surface area contributed by atoms with Crippen LogP contribution < -0.4 is 4.74 Å². The van der Waals surface area contributed by atoms with Gasteiger partial charge in [0.25, 0.3) is 0 Å². The zero-order valence-corrected chi connectivity index (χ0v) is 13.5. The molecule has 0 bridgehead atoms. The number of benzene rings is 2. The number of ketones is 1. The van der Waals surface area contributed by atoms with Crippen LogP contribution in [0.15, 0.2) is 48.5 Å². The number of Topliss-reactive ketones (excluding diaryl/α,β-unsaturated/α-hetero) is 1. The normalized spacial score (nSPS) is 10.0. The molecule has 0 atom stereocenters.